The molecule has 0 atom stereocenters. The van der Waals surface area contributed by atoms with Crippen LogP contribution in [-0.4, -0.2) is 41.8 Å². The first-order valence-corrected chi connectivity index (χ1v) is 4.95. The van der Waals surface area contributed by atoms with Gasteiger partial charge in [-0.2, -0.15) is 0 Å². The Morgan fingerprint density at radius 3 is 2.44 bits per heavy atom. The molecule has 0 aliphatic carbocycles. The predicted octanol–water partition coefficient (Wildman–Crippen LogP) is -0.819. The van der Waals surface area contributed by atoms with Crippen molar-refractivity contribution in [2.24, 2.45) is 0 Å². The molecule has 0 saturated heterocycles. The van der Waals surface area contributed by atoms with Gasteiger partial charge in [-0.05, 0) is 24.5 Å². The Kier molecular flexibility index (Phi) is 4.82. The lowest BCUT2D eigenvalue weighted by atomic mass is 9.80. The molecule has 86 valence electrons. The Balaban J connectivity index is 2.52. The Bertz CT molecular complexity index is 328. The van der Waals surface area contributed by atoms with Crippen LogP contribution in [0.1, 0.15) is 6.92 Å². The standard InChI is InChI=1S/C10H14BNO4/c1-2-12(7-13)8-16-10-5-3-9(4-6-10)11(14)15/h3-7,14-15H,2,8H2,1H3. The number of hydrogen-bond acceptors (Lipinski definition) is 4. The molecule has 0 spiro atoms. The highest BCUT2D eigenvalue weighted by Gasteiger charge is 2.09. The van der Waals surface area contributed by atoms with Crippen molar-refractivity contribution in [1.29, 1.82) is 0 Å². The van der Waals surface area contributed by atoms with E-state index < -0.39 is 7.12 Å². The zero-order chi connectivity index (χ0) is 12.0. The van der Waals surface area contributed by atoms with E-state index in [9.17, 15) is 4.79 Å². The van der Waals surface area contributed by atoms with Gasteiger partial charge < -0.3 is 19.7 Å². The van der Waals surface area contributed by atoms with Crippen molar-refractivity contribution in [3.05, 3.63) is 24.3 Å². The van der Waals surface area contributed by atoms with Gasteiger partial charge in [0.2, 0.25) is 6.41 Å². The highest BCUT2D eigenvalue weighted by atomic mass is 16.5. The SMILES string of the molecule is CCN(C=O)COc1ccc(B(O)O)cc1. The van der Waals surface area contributed by atoms with Gasteiger partial charge in [0, 0.05) is 6.54 Å². The van der Waals surface area contributed by atoms with E-state index in [1.807, 2.05) is 6.92 Å². The second kappa shape index (κ2) is 6.14. The summed E-state index contributed by atoms with van der Waals surface area (Å²) in [5.41, 5.74) is 0.398. The molecule has 0 saturated carbocycles. The molecule has 0 aliphatic rings. The first-order chi connectivity index (χ1) is 7.67. The number of nitrogens with zero attached hydrogens (tertiary/aromatic N) is 1. The molecule has 6 heteroatoms. The minimum atomic E-state index is -1.48. The van der Waals surface area contributed by atoms with Gasteiger partial charge >= 0.3 is 7.12 Å². The number of ether oxygens (including phenoxy) is 1. The smallest absolute Gasteiger partial charge is 0.473 e. The number of carbonyl (C=O) groups excluding carboxylic acids is 1. The van der Waals surface area contributed by atoms with Gasteiger partial charge in [-0.15, -0.1) is 0 Å². The molecule has 0 aliphatic heterocycles. The first-order valence-electron chi connectivity index (χ1n) is 4.95. The molecule has 1 rings (SSSR count). The molecule has 1 aromatic carbocycles. The molecule has 0 aromatic heterocycles. The topological polar surface area (TPSA) is 70.0 Å². The average molecular weight is 223 g/mol. The normalized spacial score (nSPS) is 9.69. The summed E-state index contributed by atoms with van der Waals surface area (Å²) >= 11 is 0. The van der Waals surface area contributed by atoms with Crippen LogP contribution < -0.4 is 10.2 Å². The van der Waals surface area contributed by atoms with Gasteiger partial charge in [0.15, 0.2) is 6.73 Å². The van der Waals surface area contributed by atoms with E-state index in [1.165, 1.54) is 4.90 Å². The molecule has 1 amide bonds. The number of benzene rings is 1. The number of rotatable bonds is 6. The van der Waals surface area contributed by atoms with Gasteiger partial charge in [0.1, 0.15) is 5.75 Å². The maximum atomic E-state index is 10.5. The fraction of sp³-hybridized carbons (Fsp3) is 0.300. The highest BCUT2D eigenvalue weighted by Crippen LogP contribution is 2.07. The third kappa shape index (κ3) is 3.56. The van der Waals surface area contributed by atoms with E-state index in [4.69, 9.17) is 14.8 Å². The summed E-state index contributed by atoms with van der Waals surface area (Å²) in [7, 11) is -1.48. The monoisotopic (exact) mass is 223 g/mol. The van der Waals surface area contributed by atoms with Crippen molar-refractivity contribution in [3.8, 4) is 5.75 Å². The summed E-state index contributed by atoms with van der Waals surface area (Å²) in [5.74, 6) is 0.574. The molecule has 5 nitrogen and oxygen atoms in total. The molecule has 1 aromatic rings. The number of hydrogen-bond donors (Lipinski definition) is 2. The Labute approximate surface area is 94.4 Å². The van der Waals surface area contributed by atoms with Crippen LogP contribution in [-0.2, 0) is 4.79 Å². The Hall–Kier alpha value is -1.53. The van der Waals surface area contributed by atoms with E-state index in [2.05, 4.69) is 0 Å². The van der Waals surface area contributed by atoms with Crippen LogP contribution in [0.15, 0.2) is 24.3 Å². The molecule has 0 bridgehead atoms. The van der Waals surface area contributed by atoms with E-state index >= 15 is 0 Å². The van der Waals surface area contributed by atoms with Crippen molar-refractivity contribution in [1.82, 2.24) is 4.90 Å². The molecule has 0 fully saturated rings. The summed E-state index contributed by atoms with van der Waals surface area (Å²) in [5, 5.41) is 17.7. The first kappa shape index (κ1) is 12.5. The van der Waals surface area contributed by atoms with Gasteiger partial charge in [-0.25, -0.2) is 0 Å². The van der Waals surface area contributed by atoms with E-state index in [1.54, 1.807) is 24.3 Å². The lowest BCUT2D eigenvalue weighted by Gasteiger charge is -2.15. The van der Waals surface area contributed by atoms with Crippen LogP contribution in [0.25, 0.3) is 0 Å². The summed E-state index contributed by atoms with van der Waals surface area (Å²) in [6, 6.07) is 6.34. The minimum Gasteiger partial charge on any atom is -0.473 e. The van der Waals surface area contributed by atoms with Crippen LogP contribution >= 0.6 is 0 Å². The summed E-state index contributed by atoms with van der Waals surface area (Å²) < 4.78 is 5.32. The van der Waals surface area contributed by atoms with Crippen LogP contribution in [0.4, 0.5) is 0 Å². The van der Waals surface area contributed by atoms with Crippen LogP contribution in [0, 0.1) is 0 Å². The lowest BCUT2D eigenvalue weighted by Crippen LogP contribution is -2.29. The molecule has 2 N–H and O–H groups in total. The quantitative estimate of drug-likeness (QED) is 0.375. The zero-order valence-electron chi connectivity index (χ0n) is 9.04. The maximum absolute atomic E-state index is 10.5. The van der Waals surface area contributed by atoms with Gasteiger partial charge in [0.05, 0.1) is 0 Å². The Morgan fingerprint density at radius 2 is 2.00 bits per heavy atom. The summed E-state index contributed by atoms with van der Waals surface area (Å²) in [6.07, 6.45) is 0.714. The molecule has 0 radical (unpaired) electrons. The summed E-state index contributed by atoms with van der Waals surface area (Å²) in [4.78, 5) is 11.9. The largest absolute Gasteiger partial charge is 0.488 e. The number of carbonyl (C=O) groups is 1. The van der Waals surface area contributed by atoms with Gasteiger partial charge in [0.25, 0.3) is 0 Å². The molecular formula is C10H14BNO4. The van der Waals surface area contributed by atoms with Crippen molar-refractivity contribution in [2.45, 2.75) is 6.92 Å². The van der Waals surface area contributed by atoms with E-state index in [-0.39, 0.29) is 6.73 Å². The van der Waals surface area contributed by atoms with E-state index in [0.29, 0.717) is 24.2 Å². The van der Waals surface area contributed by atoms with Gasteiger partial charge in [-0.3, -0.25) is 4.79 Å². The zero-order valence-corrected chi connectivity index (χ0v) is 9.04. The predicted molar refractivity (Wildman–Crippen MR) is 60.2 cm³/mol. The average Bonchev–Trinajstić information content (AvgIpc) is 2.31. The van der Waals surface area contributed by atoms with Crippen molar-refractivity contribution in [2.75, 3.05) is 13.3 Å². The lowest BCUT2D eigenvalue weighted by molar-refractivity contribution is -0.120. The second-order valence-electron chi connectivity index (χ2n) is 3.23. The third-order valence-corrected chi connectivity index (χ3v) is 2.13. The highest BCUT2D eigenvalue weighted by molar-refractivity contribution is 6.58. The fourth-order valence-electron chi connectivity index (χ4n) is 1.09. The third-order valence-electron chi connectivity index (χ3n) is 2.13. The molecule has 0 unspecified atom stereocenters. The van der Waals surface area contributed by atoms with E-state index in [0.717, 1.165) is 0 Å². The Morgan fingerprint density at radius 1 is 1.38 bits per heavy atom. The maximum Gasteiger partial charge on any atom is 0.488 e. The minimum absolute atomic E-state index is 0.182. The summed E-state index contributed by atoms with van der Waals surface area (Å²) in [6.45, 7) is 2.61. The van der Waals surface area contributed by atoms with Crippen LogP contribution in [0.3, 0.4) is 0 Å². The van der Waals surface area contributed by atoms with Gasteiger partial charge in [-0.1, -0.05) is 12.1 Å². The molecule has 16 heavy (non-hydrogen) atoms. The molecule has 0 heterocycles. The van der Waals surface area contributed by atoms with Crippen LogP contribution in [0.2, 0.25) is 0 Å². The van der Waals surface area contributed by atoms with Crippen molar-refractivity contribution in [3.63, 3.8) is 0 Å². The fourth-order valence-corrected chi connectivity index (χ4v) is 1.09. The van der Waals surface area contributed by atoms with Crippen molar-refractivity contribution >= 4 is 19.0 Å². The molecular weight excluding hydrogens is 209 g/mol. The number of amides is 1. The van der Waals surface area contributed by atoms with Crippen LogP contribution in [0.5, 0.6) is 5.75 Å². The second-order valence-corrected chi connectivity index (χ2v) is 3.23. The van der Waals surface area contributed by atoms with Crippen molar-refractivity contribution < 1.29 is 19.6 Å².